The number of nitrogens with one attached hydrogen (secondary N) is 1. The fourth-order valence-electron chi connectivity index (χ4n) is 9.38. The Morgan fingerprint density at radius 1 is 0.681 bits per heavy atom. The van der Waals surface area contributed by atoms with Crippen molar-refractivity contribution in [2.75, 3.05) is 80.7 Å². The van der Waals surface area contributed by atoms with Crippen LogP contribution < -0.4 is 20.5 Å². The number of aromatic carboxylic acids is 1. The molecule has 2 fully saturated rings. The number of carbonyl (C=O) groups is 3. The molecule has 9 rings (SSSR count). The average Bonchev–Trinajstić information content (AvgIpc) is 4.02. The monoisotopic (exact) mass is 984 g/mol. The second kappa shape index (κ2) is 20.7. The summed E-state index contributed by atoms with van der Waals surface area (Å²) >= 11 is 0. The minimum absolute atomic E-state index is 0.0664. The van der Waals surface area contributed by atoms with Gasteiger partial charge in [0.25, 0.3) is 0 Å². The van der Waals surface area contributed by atoms with E-state index in [2.05, 4.69) is 25.9 Å². The van der Waals surface area contributed by atoms with Crippen molar-refractivity contribution in [1.82, 2.24) is 54.7 Å². The molecule has 0 unspecified atom stereocenters. The second-order valence-corrected chi connectivity index (χ2v) is 18.6. The van der Waals surface area contributed by atoms with Gasteiger partial charge in [-0.3, -0.25) is 14.4 Å². The van der Waals surface area contributed by atoms with Crippen molar-refractivity contribution < 1.29 is 39.2 Å². The second-order valence-electron chi connectivity index (χ2n) is 18.6. The minimum atomic E-state index is -1.23. The molecule has 5 N–H and O–H groups in total. The van der Waals surface area contributed by atoms with E-state index in [1.165, 1.54) is 30.3 Å². The van der Waals surface area contributed by atoms with E-state index in [1.54, 1.807) is 55.8 Å². The highest BCUT2D eigenvalue weighted by Crippen LogP contribution is 2.42. The zero-order valence-corrected chi connectivity index (χ0v) is 40.3. The van der Waals surface area contributed by atoms with E-state index in [0.717, 1.165) is 0 Å². The number of fused-ring (bicyclic) bond motifs is 2. The van der Waals surface area contributed by atoms with Crippen LogP contribution in [0.25, 0.3) is 33.4 Å². The molecule has 6 heterocycles. The summed E-state index contributed by atoms with van der Waals surface area (Å²) in [5.41, 5.74) is 2.75. The van der Waals surface area contributed by atoms with E-state index in [9.17, 15) is 39.6 Å². The third-order valence-corrected chi connectivity index (χ3v) is 13.0. The summed E-state index contributed by atoms with van der Waals surface area (Å²) in [6.07, 6.45) is 4.06. The number of phenolic OH excluding ortho intramolecular Hbond substituents is 1. The summed E-state index contributed by atoms with van der Waals surface area (Å²) in [5, 5.41) is 60.3. The van der Waals surface area contributed by atoms with Gasteiger partial charge in [0, 0.05) is 125 Å². The molecule has 5 aromatic rings. The highest BCUT2D eigenvalue weighted by atomic mass is 16.4. The van der Waals surface area contributed by atoms with E-state index < -0.39 is 18.1 Å². The molecule has 3 aliphatic heterocycles. The average molecular weight is 985 g/mol. The Labute approximate surface area is 412 Å². The van der Waals surface area contributed by atoms with Crippen LogP contribution in [0.5, 0.6) is 5.75 Å². The van der Waals surface area contributed by atoms with Crippen LogP contribution in [0.15, 0.2) is 76.2 Å². The summed E-state index contributed by atoms with van der Waals surface area (Å²) in [5.74, 6) is -0.716. The molecule has 2 aromatic carbocycles. The first-order chi connectivity index (χ1) is 34.7. The number of carboxylic acids is 1. The van der Waals surface area contributed by atoms with Gasteiger partial charge in [0.15, 0.2) is 5.43 Å². The van der Waals surface area contributed by atoms with Crippen LogP contribution in [0.3, 0.4) is 0 Å². The van der Waals surface area contributed by atoms with Gasteiger partial charge in [-0.05, 0) is 53.8 Å². The third kappa shape index (κ3) is 10.1. The molecule has 3 aromatic heterocycles. The lowest BCUT2D eigenvalue weighted by atomic mass is 9.90. The molecular formula is C49H56N14O9. The van der Waals surface area contributed by atoms with E-state index >= 15 is 0 Å². The molecule has 23 heteroatoms. The van der Waals surface area contributed by atoms with Gasteiger partial charge in [-0.1, -0.05) is 44.2 Å². The molecular weight excluding hydrogens is 929 g/mol. The fourth-order valence-corrected chi connectivity index (χ4v) is 9.38. The zero-order valence-electron chi connectivity index (χ0n) is 40.3. The lowest BCUT2D eigenvalue weighted by Gasteiger charge is -2.38. The molecule has 2 amide bonds. The van der Waals surface area contributed by atoms with Crippen LogP contribution >= 0.6 is 0 Å². The van der Waals surface area contributed by atoms with Crippen molar-refractivity contribution in [3.05, 3.63) is 94.2 Å². The number of nitrogens with zero attached hydrogens (tertiary/aromatic N) is 13. The van der Waals surface area contributed by atoms with Crippen molar-refractivity contribution in [3.63, 3.8) is 0 Å². The Bertz CT molecular complexity index is 3030. The highest BCUT2D eigenvalue weighted by molar-refractivity contribution is 6.08. The fraction of sp³-hybridized carbons (Fsp3) is 0.408. The number of hydrogen-bond acceptors (Lipinski definition) is 18. The Hall–Kier alpha value is -8.05. The van der Waals surface area contributed by atoms with Crippen LogP contribution in [0, 0.1) is 11.8 Å². The Kier molecular flexibility index (Phi) is 14.1. The van der Waals surface area contributed by atoms with Gasteiger partial charge in [0.1, 0.15) is 29.2 Å². The number of aromatic hydroxyl groups is 1. The molecule has 2 atom stereocenters. The highest BCUT2D eigenvalue weighted by Gasteiger charge is 2.35. The number of benzene rings is 3. The maximum Gasteiger partial charge on any atom is 0.336 e. The minimum Gasteiger partial charge on any atom is -0.508 e. The number of carbonyl (C=O) groups excluding carboxylic acids is 2. The maximum atomic E-state index is 14.1. The van der Waals surface area contributed by atoms with Crippen molar-refractivity contribution in [2.45, 2.75) is 52.6 Å². The lowest BCUT2D eigenvalue weighted by molar-refractivity contribution is -0.137. The van der Waals surface area contributed by atoms with Crippen LogP contribution in [-0.2, 0) is 22.4 Å². The first kappa shape index (κ1) is 49.0. The van der Waals surface area contributed by atoms with Crippen molar-refractivity contribution in [1.29, 1.82) is 0 Å². The van der Waals surface area contributed by atoms with Crippen LogP contribution in [-0.4, -0.2) is 159 Å². The quantitative estimate of drug-likeness (QED) is 0.0869. The van der Waals surface area contributed by atoms with E-state index in [0.29, 0.717) is 116 Å². The van der Waals surface area contributed by atoms with Crippen molar-refractivity contribution in [3.8, 4) is 28.2 Å². The van der Waals surface area contributed by atoms with Gasteiger partial charge in [-0.2, -0.15) is 15.0 Å². The zero-order chi connectivity index (χ0) is 50.8. The number of carboxylic acid groups (broad SMARTS) is 1. The molecule has 0 spiro atoms. The predicted octanol–water partition coefficient (Wildman–Crippen LogP) is 3.24. The molecule has 0 bridgehead atoms. The molecule has 72 heavy (non-hydrogen) atoms. The third-order valence-electron chi connectivity index (χ3n) is 13.0. The number of rotatable bonds is 16. The predicted molar refractivity (Wildman–Crippen MR) is 263 cm³/mol. The van der Waals surface area contributed by atoms with Crippen molar-refractivity contribution >= 4 is 52.3 Å². The van der Waals surface area contributed by atoms with E-state index in [-0.39, 0.29) is 70.9 Å². The standard InChI is InChI=1S/C49H56N14O9/c1-28(2)42(62-26-31(11-21-64)54-56-62)44(68)58-13-17-60(18-14-58)48-51-47(52-49(53-48)61-19-15-59(16-20-61)45(69)43(29(3)4)63-27-32(12-22-65)55-57-63)50-30-5-8-35(38(23-30)46(70)71)41-36-9-6-33(66)24-39(36)72-40-25-34(67)7-10-37(40)41/h5-10,23-29,42-43,64-66H,11-22H2,1-4H3,(H,70,71)(H,50,51,52,53)/t42-,43-/m0/s1. The molecule has 23 nitrogen and oxygen atoms in total. The molecule has 0 saturated carbocycles. The summed E-state index contributed by atoms with van der Waals surface area (Å²) in [4.78, 5) is 75.8. The van der Waals surface area contributed by atoms with Crippen LogP contribution in [0.1, 0.15) is 61.5 Å². The first-order valence-corrected chi connectivity index (χ1v) is 23.9. The van der Waals surface area contributed by atoms with Gasteiger partial charge in [0.2, 0.25) is 29.7 Å². The normalized spacial score (nSPS) is 15.2. The number of phenols is 1. The summed E-state index contributed by atoms with van der Waals surface area (Å²) in [6, 6.07) is 12.4. The van der Waals surface area contributed by atoms with Crippen LogP contribution in [0.2, 0.25) is 0 Å². The Morgan fingerprint density at radius 2 is 1.22 bits per heavy atom. The van der Waals surface area contributed by atoms with E-state index in [4.69, 9.17) is 19.4 Å². The van der Waals surface area contributed by atoms with Crippen LogP contribution in [0.4, 0.5) is 23.5 Å². The number of aromatic nitrogens is 9. The number of aliphatic hydroxyl groups excluding tert-OH is 2. The molecule has 376 valence electrons. The lowest BCUT2D eigenvalue weighted by Crippen LogP contribution is -2.52. The number of aliphatic hydroxyl groups is 2. The summed E-state index contributed by atoms with van der Waals surface area (Å²) < 4.78 is 9.14. The number of hydrogen-bond donors (Lipinski definition) is 5. The van der Waals surface area contributed by atoms with Gasteiger partial charge < -0.3 is 49.8 Å². The van der Waals surface area contributed by atoms with Crippen molar-refractivity contribution in [2.24, 2.45) is 11.8 Å². The topological polar surface area (TPSA) is 287 Å². The van der Waals surface area contributed by atoms with Gasteiger partial charge in [-0.25, -0.2) is 14.2 Å². The van der Waals surface area contributed by atoms with Gasteiger partial charge in [0.05, 0.1) is 17.0 Å². The number of anilines is 4. The molecule has 1 aliphatic carbocycles. The first-order valence-electron chi connectivity index (χ1n) is 23.9. The number of piperazine rings is 2. The SMILES string of the molecule is CC(C)[C@@H](C(=O)N1CCN(c2nc(Nc3ccc(-c4c5ccc(=O)cc-5oc5cc(O)ccc45)c(C(=O)O)c3)nc(N3CCN(C(=O)[C@H](C(C)C)n4cc(CCO)nn4)CC3)n2)CC1)n1cc(CCO)nn1. The number of amides is 2. The summed E-state index contributed by atoms with van der Waals surface area (Å²) in [7, 11) is 0. The Morgan fingerprint density at radius 3 is 1.74 bits per heavy atom. The van der Waals surface area contributed by atoms with Gasteiger partial charge in [-0.15, -0.1) is 10.2 Å². The summed E-state index contributed by atoms with van der Waals surface area (Å²) in [6.45, 7) is 10.5. The molecule has 4 aliphatic rings. The Balaban J connectivity index is 1.01. The smallest absolute Gasteiger partial charge is 0.336 e. The van der Waals surface area contributed by atoms with E-state index in [1.807, 2.05) is 37.5 Å². The largest absolute Gasteiger partial charge is 0.508 e. The molecule has 2 saturated heterocycles. The maximum absolute atomic E-state index is 14.1. The molecule has 0 radical (unpaired) electrons. The van der Waals surface area contributed by atoms with Gasteiger partial charge >= 0.3 is 5.97 Å².